The number of nitrogens with zero attached hydrogens (tertiary/aromatic N) is 3. The Hall–Kier alpha value is -7.54. The van der Waals surface area contributed by atoms with Gasteiger partial charge in [-0.1, -0.05) is 156 Å². The number of hydrogen-bond acceptors (Lipinski definition) is 5. The highest BCUT2D eigenvalue weighted by atomic mass is 32.1. The van der Waals surface area contributed by atoms with Crippen molar-refractivity contribution in [3.8, 4) is 11.1 Å². The number of anilines is 8. The van der Waals surface area contributed by atoms with Crippen LogP contribution in [0.4, 0.5) is 45.5 Å². The minimum absolute atomic E-state index is 0.00298. The molecule has 0 spiro atoms. The maximum Gasteiger partial charge on any atom is 0.252 e. The van der Waals surface area contributed by atoms with Gasteiger partial charge in [0.05, 0.1) is 11.2 Å². The average Bonchev–Trinajstić information content (AvgIpc) is 4.05. The molecule has 354 valence electrons. The first-order valence-corrected chi connectivity index (χ1v) is 27.1. The number of benzene rings is 9. The summed E-state index contributed by atoms with van der Waals surface area (Å²) in [6.45, 7) is 14.4. The van der Waals surface area contributed by atoms with Gasteiger partial charge in [0.15, 0.2) is 5.58 Å². The molecule has 3 aliphatic heterocycles. The molecule has 73 heavy (non-hydrogen) atoms. The van der Waals surface area contributed by atoms with Crippen LogP contribution in [0.25, 0.3) is 53.2 Å². The number of thiophene rings is 1. The normalized spacial score (nSPS) is 18.9. The molecule has 11 aromatic rings. The predicted octanol–water partition coefficient (Wildman–Crippen LogP) is 17.1. The van der Waals surface area contributed by atoms with Crippen molar-refractivity contribution in [3.05, 3.63) is 199 Å². The third-order valence-electron chi connectivity index (χ3n) is 17.8. The zero-order chi connectivity index (χ0) is 49.1. The summed E-state index contributed by atoms with van der Waals surface area (Å²) >= 11 is 1.88. The zero-order valence-corrected chi connectivity index (χ0v) is 43.2. The Balaban J connectivity index is 1.01. The van der Waals surface area contributed by atoms with Crippen LogP contribution in [0.1, 0.15) is 77.0 Å². The van der Waals surface area contributed by atoms with Crippen molar-refractivity contribution in [1.82, 2.24) is 0 Å². The fourth-order valence-corrected chi connectivity index (χ4v) is 15.1. The number of para-hydroxylation sites is 2. The highest BCUT2D eigenvalue weighted by molar-refractivity contribution is 7.25. The van der Waals surface area contributed by atoms with E-state index in [1.54, 1.807) is 0 Å². The van der Waals surface area contributed by atoms with Crippen LogP contribution in [-0.4, -0.2) is 12.3 Å². The summed E-state index contributed by atoms with van der Waals surface area (Å²) in [5.41, 5.74) is 21.8. The minimum Gasteiger partial charge on any atom is -0.454 e. The van der Waals surface area contributed by atoms with Crippen molar-refractivity contribution in [2.24, 2.45) is 0 Å². The number of furan rings is 1. The molecule has 0 N–H and O–H groups in total. The van der Waals surface area contributed by atoms with Gasteiger partial charge in [-0.15, -0.1) is 11.3 Å². The molecule has 0 amide bonds. The molecule has 0 bridgehead atoms. The van der Waals surface area contributed by atoms with E-state index in [-0.39, 0.29) is 23.1 Å². The fourth-order valence-electron chi connectivity index (χ4n) is 14.0. The van der Waals surface area contributed by atoms with E-state index in [4.69, 9.17) is 4.42 Å². The molecule has 2 atom stereocenters. The van der Waals surface area contributed by atoms with Crippen LogP contribution in [0.5, 0.6) is 0 Å². The van der Waals surface area contributed by atoms with Crippen molar-refractivity contribution in [2.75, 3.05) is 14.7 Å². The molecule has 2 aromatic heterocycles. The summed E-state index contributed by atoms with van der Waals surface area (Å²) in [5, 5.41) is 4.87. The SMILES string of the molecule is Cc1cc2c3c(c1)N(c1cccc4c1oc1ccccc14)c1cc(N4c5ccc(C(C)(C)C)cc5C5(C)CCCCC45C)ccc1B3c1ccc(-c3ccccc3)cc1N2c1ccc2c(c1)sc1ccccc12. The van der Waals surface area contributed by atoms with Crippen molar-refractivity contribution < 1.29 is 4.42 Å². The summed E-state index contributed by atoms with van der Waals surface area (Å²) in [4.78, 5) is 7.91. The zero-order valence-electron chi connectivity index (χ0n) is 42.4. The van der Waals surface area contributed by atoms with Gasteiger partial charge in [0.2, 0.25) is 0 Å². The predicted molar refractivity (Wildman–Crippen MR) is 312 cm³/mol. The minimum atomic E-state index is -0.112. The van der Waals surface area contributed by atoms with Gasteiger partial charge in [-0.3, -0.25) is 0 Å². The largest absolute Gasteiger partial charge is 0.454 e. The van der Waals surface area contributed by atoms with Crippen LogP contribution in [-0.2, 0) is 10.8 Å². The molecule has 1 aliphatic carbocycles. The third-order valence-corrected chi connectivity index (χ3v) is 18.9. The van der Waals surface area contributed by atoms with Crippen molar-refractivity contribution >= 4 is 122 Å². The second kappa shape index (κ2) is 15.3. The molecular formula is C67H56BN3OS. The van der Waals surface area contributed by atoms with E-state index in [0.717, 1.165) is 39.7 Å². The molecule has 15 rings (SSSR count). The quantitative estimate of drug-likeness (QED) is 0.164. The molecule has 4 nitrogen and oxygen atoms in total. The van der Waals surface area contributed by atoms with Crippen LogP contribution in [0, 0.1) is 6.92 Å². The van der Waals surface area contributed by atoms with E-state index >= 15 is 0 Å². The van der Waals surface area contributed by atoms with Gasteiger partial charge in [0, 0.05) is 76.2 Å². The summed E-state index contributed by atoms with van der Waals surface area (Å²) in [6, 6.07) is 69.1. The smallest absolute Gasteiger partial charge is 0.252 e. The monoisotopic (exact) mass is 961 g/mol. The van der Waals surface area contributed by atoms with E-state index in [1.165, 1.54) is 118 Å². The average molecular weight is 962 g/mol. The van der Waals surface area contributed by atoms with E-state index in [0.29, 0.717) is 0 Å². The molecule has 6 heteroatoms. The van der Waals surface area contributed by atoms with Crippen molar-refractivity contribution in [2.45, 2.75) is 83.6 Å². The Bertz CT molecular complexity index is 4130. The first-order valence-electron chi connectivity index (χ1n) is 26.3. The van der Waals surface area contributed by atoms with Gasteiger partial charge in [-0.25, -0.2) is 0 Å². The Morgan fingerprint density at radius 2 is 1.22 bits per heavy atom. The fraction of sp³-hybridized carbons (Fsp3) is 0.194. The van der Waals surface area contributed by atoms with Crippen LogP contribution in [0.3, 0.4) is 0 Å². The van der Waals surface area contributed by atoms with Crippen LogP contribution < -0.4 is 31.1 Å². The Kier molecular flexibility index (Phi) is 9.00. The number of rotatable bonds is 4. The van der Waals surface area contributed by atoms with Crippen molar-refractivity contribution in [1.29, 1.82) is 0 Å². The second-order valence-electron chi connectivity index (χ2n) is 22.9. The molecule has 1 fully saturated rings. The third kappa shape index (κ3) is 6.02. The molecule has 2 unspecified atom stereocenters. The van der Waals surface area contributed by atoms with Crippen LogP contribution in [0.15, 0.2) is 186 Å². The molecule has 9 aromatic carbocycles. The lowest BCUT2D eigenvalue weighted by Crippen LogP contribution is -2.61. The summed E-state index contributed by atoms with van der Waals surface area (Å²) < 4.78 is 9.62. The van der Waals surface area contributed by atoms with E-state index in [1.807, 2.05) is 11.3 Å². The molecule has 0 saturated heterocycles. The van der Waals surface area contributed by atoms with E-state index in [2.05, 4.69) is 238 Å². The summed E-state index contributed by atoms with van der Waals surface area (Å²) in [5.74, 6) is 0. The summed E-state index contributed by atoms with van der Waals surface area (Å²) in [6.07, 6.45) is 4.78. The van der Waals surface area contributed by atoms with Crippen LogP contribution >= 0.6 is 11.3 Å². The topological polar surface area (TPSA) is 22.9 Å². The lowest BCUT2D eigenvalue weighted by atomic mass is 9.33. The first kappa shape index (κ1) is 43.1. The lowest BCUT2D eigenvalue weighted by molar-refractivity contribution is 0.195. The molecule has 0 radical (unpaired) electrons. The first-order chi connectivity index (χ1) is 35.5. The molecule has 1 saturated carbocycles. The van der Waals surface area contributed by atoms with Gasteiger partial charge in [-0.2, -0.15) is 0 Å². The second-order valence-corrected chi connectivity index (χ2v) is 23.9. The Labute approximate surface area is 432 Å². The summed E-state index contributed by atoms with van der Waals surface area (Å²) in [7, 11) is 0. The van der Waals surface area contributed by atoms with E-state index in [9.17, 15) is 0 Å². The number of hydrogen-bond donors (Lipinski definition) is 0. The van der Waals surface area contributed by atoms with E-state index < -0.39 is 0 Å². The van der Waals surface area contributed by atoms with Gasteiger partial charge in [0.1, 0.15) is 5.58 Å². The number of fused-ring (bicyclic) bond motifs is 13. The maximum atomic E-state index is 7.02. The van der Waals surface area contributed by atoms with Gasteiger partial charge in [-0.05, 0) is 143 Å². The highest BCUT2D eigenvalue weighted by Crippen LogP contribution is 2.62. The van der Waals surface area contributed by atoms with Gasteiger partial charge < -0.3 is 19.1 Å². The maximum absolute atomic E-state index is 7.02. The Morgan fingerprint density at radius 3 is 2.05 bits per heavy atom. The number of aryl methyl sites for hydroxylation is 1. The van der Waals surface area contributed by atoms with Crippen LogP contribution in [0.2, 0.25) is 0 Å². The van der Waals surface area contributed by atoms with Crippen molar-refractivity contribution in [3.63, 3.8) is 0 Å². The lowest BCUT2D eigenvalue weighted by Gasteiger charge is -2.50. The van der Waals surface area contributed by atoms with Gasteiger partial charge in [0.25, 0.3) is 6.71 Å². The Morgan fingerprint density at radius 1 is 0.521 bits per heavy atom. The molecular weight excluding hydrogens is 906 g/mol. The molecule has 5 heterocycles. The van der Waals surface area contributed by atoms with Gasteiger partial charge >= 0.3 is 0 Å². The standard InChI is InChI=1S/C67H56BN3OS/c1-41-35-58-63-59(36-41)70(55-22-16-21-50-47-19-10-12-23-60(47)72-64(50)55)57-39-46(71-54-32-26-44(65(2,3)4)38-51(54)66(5)33-14-15-34-67(66,71)6)28-31-53(57)68(63)52-30-25-43(42-17-8-7-9-18-42)37-56(52)69(58)45-27-29-49-48-20-11-13-24-61(48)73-62(49)40-45/h7-13,16-32,35-40H,14-15,33-34H2,1-6H3. The molecule has 4 aliphatic rings. The highest BCUT2D eigenvalue weighted by Gasteiger charge is 2.58.